The van der Waals surface area contributed by atoms with Crippen LogP contribution in [0.4, 0.5) is 5.13 Å². The van der Waals surface area contributed by atoms with Gasteiger partial charge in [-0.15, -0.1) is 11.3 Å². The van der Waals surface area contributed by atoms with Crippen LogP contribution in [-0.4, -0.2) is 29.7 Å². The minimum absolute atomic E-state index is 0.196. The zero-order valence-electron chi connectivity index (χ0n) is 12.0. The number of nitrogens with zero attached hydrogens (tertiary/aromatic N) is 2. The zero-order valence-corrected chi connectivity index (χ0v) is 12.8. The molecule has 1 atom stereocenters. The summed E-state index contributed by atoms with van der Waals surface area (Å²) in [6.45, 7) is 11.0. The van der Waals surface area contributed by atoms with E-state index >= 15 is 0 Å². The van der Waals surface area contributed by atoms with Crippen LogP contribution in [0.15, 0.2) is 5.38 Å². The average Bonchev–Trinajstić information content (AvgIpc) is 2.72. The van der Waals surface area contributed by atoms with E-state index in [4.69, 9.17) is 0 Å². The number of thiazole rings is 1. The summed E-state index contributed by atoms with van der Waals surface area (Å²) in [6.07, 6.45) is 3.92. The van der Waals surface area contributed by atoms with E-state index in [0.29, 0.717) is 6.04 Å². The Hall–Kier alpha value is -0.610. The highest BCUT2D eigenvalue weighted by atomic mass is 32.1. The molecule has 18 heavy (non-hydrogen) atoms. The van der Waals surface area contributed by atoms with Gasteiger partial charge in [0.2, 0.25) is 0 Å². The van der Waals surface area contributed by atoms with Gasteiger partial charge in [0.25, 0.3) is 0 Å². The number of anilines is 1. The molecule has 102 valence electrons. The molecule has 0 amide bonds. The maximum atomic E-state index is 4.65. The van der Waals surface area contributed by atoms with Crippen molar-refractivity contribution >= 4 is 16.5 Å². The fourth-order valence-corrected chi connectivity index (χ4v) is 3.26. The molecule has 4 heteroatoms. The Morgan fingerprint density at radius 1 is 1.44 bits per heavy atom. The molecule has 0 bridgehead atoms. The predicted molar refractivity (Wildman–Crippen MR) is 79.6 cm³/mol. The van der Waals surface area contributed by atoms with Gasteiger partial charge >= 0.3 is 0 Å². The van der Waals surface area contributed by atoms with Gasteiger partial charge in [-0.05, 0) is 47.0 Å². The van der Waals surface area contributed by atoms with E-state index in [0.717, 1.165) is 18.8 Å². The fourth-order valence-electron chi connectivity index (χ4n) is 2.36. The lowest BCUT2D eigenvalue weighted by Crippen LogP contribution is -2.49. The van der Waals surface area contributed by atoms with Gasteiger partial charge in [-0.3, -0.25) is 0 Å². The van der Waals surface area contributed by atoms with Gasteiger partial charge in [-0.25, -0.2) is 4.98 Å². The van der Waals surface area contributed by atoms with Gasteiger partial charge in [0.1, 0.15) is 0 Å². The molecular formula is C14H25N3S. The number of nitrogens with one attached hydrogen (secondary N) is 1. The summed E-state index contributed by atoms with van der Waals surface area (Å²) in [4.78, 5) is 7.15. The van der Waals surface area contributed by atoms with E-state index in [-0.39, 0.29) is 5.54 Å². The third-order valence-corrected chi connectivity index (χ3v) is 4.34. The van der Waals surface area contributed by atoms with Crippen molar-refractivity contribution in [2.45, 2.75) is 58.5 Å². The number of rotatable bonds is 3. The van der Waals surface area contributed by atoms with Gasteiger partial charge in [-0.1, -0.05) is 0 Å². The predicted octanol–water partition coefficient (Wildman–Crippen LogP) is 3.20. The molecule has 1 unspecified atom stereocenters. The molecule has 0 aliphatic carbocycles. The zero-order chi connectivity index (χ0) is 13.2. The van der Waals surface area contributed by atoms with Crippen LogP contribution in [0.2, 0.25) is 0 Å². The maximum absolute atomic E-state index is 4.65. The van der Waals surface area contributed by atoms with Crippen molar-refractivity contribution in [1.82, 2.24) is 10.3 Å². The molecule has 1 fully saturated rings. The first-order valence-corrected chi connectivity index (χ1v) is 7.77. The molecule has 2 heterocycles. The van der Waals surface area contributed by atoms with Crippen molar-refractivity contribution in [3.05, 3.63) is 11.1 Å². The molecule has 1 aromatic rings. The van der Waals surface area contributed by atoms with E-state index in [1.54, 1.807) is 11.3 Å². The normalized spacial score (nSPS) is 21.3. The van der Waals surface area contributed by atoms with E-state index < -0.39 is 0 Å². The first-order chi connectivity index (χ1) is 8.46. The molecule has 0 radical (unpaired) electrons. The highest BCUT2D eigenvalue weighted by molar-refractivity contribution is 7.13. The molecule has 1 N–H and O–H groups in total. The van der Waals surface area contributed by atoms with Crippen LogP contribution >= 0.6 is 11.3 Å². The number of hydrogen-bond donors (Lipinski definition) is 1. The van der Waals surface area contributed by atoms with Crippen LogP contribution in [-0.2, 0) is 0 Å². The highest BCUT2D eigenvalue weighted by Crippen LogP contribution is 2.27. The largest absolute Gasteiger partial charge is 0.344 e. The lowest BCUT2D eigenvalue weighted by Gasteiger charge is -2.37. The van der Waals surface area contributed by atoms with Gasteiger partial charge in [0, 0.05) is 30.1 Å². The molecule has 1 aliphatic heterocycles. The summed E-state index contributed by atoms with van der Waals surface area (Å²) in [5, 5.41) is 6.99. The fraction of sp³-hybridized carbons (Fsp3) is 0.786. The van der Waals surface area contributed by atoms with Gasteiger partial charge in [0.05, 0.1) is 5.69 Å². The van der Waals surface area contributed by atoms with Crippen LogP contribution in [0.5, 0.6) is 0 Å². The third kappa shape index (κ3) is 3.69. The number of hydrogen-bond acceptors (Lipinski definition) is 4. The number of piperidine rings is 1. The van der Waals surface area contributed by atoms with Crippen molar-refractivity contribution in [3.8, 4) is 0 Å². The topological polar surface area (TPSA) is 28.2 Å². The smallest absolute Gasteiger partial charge is 0.185 e. The third-order valence-electron chi connectivity index (χ3n) is 3.35. The van der Waals surface area contributed by atoms with E-state index in [1.807, 2.05) is 0 Å². The molecule has 3 nitrogen and oxygen atoms in total. The molecule has 1 saturated heterocycles. The summed E-state index contributed by atoms with van der Waals surface area (Å²) >= 11 is 1.78. The van der Waals surface area contributed by atoms with Crippen molar-refractivity contribution in [2.24, 2.45) is 0 Å². The lowest BCUT2D eigenvalue weighted by molar-refractivity contribution is 0.366. The minimum Gasteiger partial charge on any atom is -0.344 e. The summed E-state index contributed by atoms with van der Waals surface area (Å²) in [7, 11) is 0. The second-order valence-electron chi connectivity index (χ2n) is 6.25. The molecular weight excluding hydrogens is 242 g/mol. The van der Waals surface area contributed by atoms with Crippen molar-refractivity contribution in [1.29, 1.82) is 0 Å². The standard InChI is InChI=1S/C14H25N3S/c1-11-10-18-13(16-11)17-8-6-5-7-12(17)9-15-14(2,3)4/h10,12,15H,5-9H2,1-4H3. The van der Waals surface area contributed by atoms with E-state index in [9.17, 15) is 0 Å². The SMILES string of the molecule is Cc1csc(N2CCCCC2CNC(C)(C)C)n1. The van der Waals surface area contributed by atoms with Crippen LogP contribution in [0.1, 0.15) is 45.7 Å². The number of aryl methyl sites for hydroxylation is 1. The van der Waals surface area contributed by atoms with Crippen molar-refractivity contribution in [2.75, 3.05) is 18.0 Å². The monoisotopic (exact) mass is 267 g/mol. The first-order valence-electron chi connectivity index (χ1n) is 6.89. The Labute approximate surface area is 115 Å². The molecule has 0 spiro atoms. The second kappa shape index (κ2) is 5.57. The Morgan fingerprint density at radius 3 is 2.83 bits per heavy atom. The average molecular weight is 267 g/mol. The summed E-state index contributed by atoms with van der Waals surface area (Å²) in [5.74, 6) is 0. The molecule has 2 rings (SSSR count). The van der Waals surface area contributed by atoms with Gasteiger partial charge in [-0.2, -0.15) is 0 Å². The van der Waals surface area contributed by atoms with Crippen molar-refractivity contribution < 1.29 is 0 Å². The molecule has 0 saturated carbocycles. The van der Waals surface area contributed by atoms with Crippen LogP contribution in [0.3, 0.4) is 0 Å². The van der Waals surface area contributed by atoms with Gasteiger partial charge < -0.3 is 10.2 Å². The van der Waals surface area contributed by atoms with Crippen LogP contribution in [0, 0.1) is 6.92 Å². The first kappa shape index (κ1) is 13.8. The molecule has 1 aliphatic rings. The Bertz CT molecular complexity index is 381. The Balaban J connectivity index is 2.02. The number of aromatic nitrogens is 1. The summed E-state index contributed by atoms with van der Waals surface area (Å²) in [5.41, 5.74) is 1.34. The van der Waals surface area contributed by atoms with Crippen LogP contribution in [0.25, 0.3) is 0 Å². The van der Waals surface area contributed by atoms with Gasteiger partial charge in [0.15, 0.2) is 5.13 Å². The quantitative estimate of drug-likeness (QED) is 0.911. The lowest BCUT2D eigenvalue weighted by atomic mass is 10.0. The Kier molecular flexibility index (Phi) is 4.28. The van der Waals surface area contributed by atoms with Crippen LogP contribution < -0.4 is 10.2 Å². The minimum atomic E-state index is 0.196. The highest BCUT2D eigenvalue weighted by Gasteiger charge is 2.25. The van der Waals surface area contributed by atoms with Crippen molar-refractivity contribution in [3.63, 3.8) is 0 Å². The Morgan fingerprint density at radius 2 is 2.22 bits per heavy atom. The molecule has 0 aromatic carbocycles. The molecule has 1 aromatic heterocycles. The maximum Gasteiger partial charge on any atom is 0.185 e. The van der Waals surface area contributed by atoms with E-state index in [1.165, 1.54) is 24.4 Å². The summed E-state index contributed by atoms with van der Waals surface area (Å²) < 4.78 is 0. The second-order valence-corrected chi connectivity index (χ2v) is 7.08. The van der Waals surface area contributed by atoms with E-state index in [2.05, 4.69) is 48.3 Å². The summed E-state index contributed by atoms with van der Waals surface area (Å²) in [6, 6.07) is 0.600.